The maximum atomic E-state index is 14.1. The standard InChI is InChI=1S/C32H27Br2N3O2S2/c1-20(21-9-7-11-23(33)17-21)30-31(39)37(32(2,41-30)22-10-8-12-24(34)18-22)35-19-29(38)36-25-13-3-5-15-27(25)40-28-16-6-4-14-26(28)36/h3-17,24,35H,18-19H2,1-2H3/b30-20-. The number of nitrogens with one attached hydrogen (secondary N) is 1. The van der Waals surface area contributed by atoms with Gasteiger partial charge in [-0.1, -0.05) is 110 Å². The summed E-state index contributed by atoms with van der Waals surface area (Å²) in [7, 11) is 0. The molecule has 0 bridgehead atoms. The predicted molar refractivity (Wildman–Crippen MR) is 176 cm³/mol. The summed E-state index contributed by atoms with van der Waals surface area (Å²) in [5, 5.41) is 1.66. The fraction of sp³-hybridized carbons (Fsp3) is 0.188. The Labute approximate surface area is 265 Å². The zero-order valence-corrected chi connectivity index (χ0v) is 27.2. The molecule has 2 unspecified atom stereocenters. The number of hydrogen-bond acceptors (Lipinski definition) is 5. The van der Waals surface area contributed by atoms with Crippen molar-refractivity contribution in [1.29, 1.82) is 0 Å². The zero-order valence-electron chi connectivity index (χ0n) is 22.4. The summed E-state index contributed by atoms with van der Waals surface area (Å²) in [6, 6.07) is 23.8. The van der Waals surface area contributed by atoms with Crippen molar-refractivity contribution in [3.63, 3.8) is 0 Å². The van der Waals surface area contributed by atoms with Gasteiger partial charge in [0, 0.05) is 19.1 Å². The molecule has 1 fully saturated rings. The van der Waals surface area contributed by atoms with E-state index in [4.69, 9.17) is 0 Å². The molecule has 2 atom stereocenters. The number of thioether (sulfide) groups is 1. The summed E-state index contributed by atoms with van der Waals surface area (Å²) in [4.78, 5) is 32.0. The maximum absolute atomic E-state index is 14.1. The number of carbonyl (C=O) groups excluding carboxylic acids is 2. The average molecular weight is 710 g/mol. The molecule has 41 heavy (non-hydrogen) atoms. The van der Waals surface area contributed by atoms with Crippen molar-refractivity contribution in [2.24, 2.45) is 0 Å². The number of benzene rings is 3. The van der Waals surface area contributed by atoms with Crippen molar-refractivity contribution in [1.82, 2.24) is 10.4 Å². The molecule has 1 aliphatic carbocycles. The highest BCUT2D eigenvalue weighted by atomic mass is 79.9. The third-order valence-corrected chi connectivity index (χ3v) is 11.2. The monoisotopic (exact) mass is 707 g/mol. The summed E-state index contributed by atoms with van der Waals surface area (Å²) in [5.41, 5.74) is 7.96. The van der Waals surface area contributed by atoms with Crippen LogP contribution in [0.15, 0.2) is 116 Å². The summed E-state index contributed by atoms with van der Waals surface area (Å²) in [5.74, 6) is -0.276. The molecular formula is C32H27Br2N3O2S2. The predicted octanol–water partition coefficient (Wildman–Crippen LogP) is 8.46. The quantitative estimate of drug-likeness (QED) is 0.213. The lowest BCUT2D eigenvalue weighted by Gasteiger charge is -2.38. The average Bonchev–Trinajstić information content (AvgIpc) is 3.24. The molecule has 2 aliphatic heterocycles. The van der Waals surface area contributed by atoms with Crippen LogP contribution < -0.4 is 10.3 Å². The Kier molecular flexibility index (Phi) is 8.09. The zero-order chi connectivity index (χ0) is 28.7. The minimum atomic E-state index is -0.718. The first-order valence-corrected chi connectivity index (χ1v) is 16.5. The molecular weight excluding hydrogens is 682 g/mol. The van der Waals surface area contributed by atoms with Crippen LogP contribution in [0.25, 0.3) is 5.57 Å². The van der Waals surface area contributed by atoms with Crippen LogP contribution in [-0.2, 0) is 9.59 Å². The SMILES string of the molecule is C/C(=C1/SC(C)(C2=CC=CC(Br)C2)N(NCC(=O)N2c3ccccc3Sc3ccccc32)C1=O)c1cccc(Br)c1. The molecule has 5 nitrogen and oxygen atoms in total. The number of alkyl halides is 1. The second kappa shape index (κ2) is 11.6. The molecule has 9 heteroatoms. The van der Waals surface area contributed by atoms with Crippen molar-refractivity contribution in [2.75, 3.05) is 11.4 Å². The number of amides is 2. The molecule has 6 rings (SSSR count). The number of anilines is 2. The van der Waals surface area contributed by atoms with Gasteiger partial charge in [-0.15, -0.1) is 0 Å². The van der Waals surface area contributed by atoms with Crippen LogP contribution in [0.3, 0.4) is 0 Å². The molecule has 2 heterocycles. The summed E-state index contributed by atoms with van der Waals surface area (Å²) in [6.07, 6.45) is 6.97. The number of allylic oxidation sites excluding steroid dienone is 4. The molecule has 3 aliphatic rings. The van der Waals surface area contributed by atoms with Crippen LogP contribution in [0.1, 0.15) is 25.8 Å². The van der Waals surface area contributed by atoms with Gasteiger partial charge in [0.1, 0.15) is 4.87 Å². The van der Waals surface area contributed by atoms with E-state index in [0.717, 1.165) is 48.8 Å². The first-order chi connectivity index (χ1) is 19.8. The highest BCUT2D eigenvalue weighted by Gasteiger charge is 2.50. The van der Waals surface area contributed by atoms with Crippen LogP contribution in [-0.4, -0.2) is 33.1 Å². The van der Waals surface area contributed by atoms with Crippen molar-refractivity contribution < 1.29 is 9.59 Å². The molecule has 0 aromatic heterocycles. The van der Waals surface area contributed by atoms with Gasteiger partial charge in [-0.25, -0.2) is 5.43 Å². The largest absolute Gasteiger partial charge is 0.278 e. The van der Waals surface area contributed by atoms with Crippen LogP contribution in [0.5, 0.6) is 0 Å². The Morgan fingerprint density at radius 3 is 2.39 bits per heavy atom. The third kappa shape index (κ3) is 5.39. The van der Waals surface area contributed by atoms with Crippen molar-refractivity contribution in [3.8, 4) is 0 Å². The van der Waals surface area contributed by atoms with Crippen LogP contribution in [0, 0.1) is 0 Å². The summed E-state index contributed by atoms with van der Waals surface area (Å²) < 4.78 is 0.955. The van der Waals surface area contributed by atoms with Crippen LogP contribution in [0.4, 0.5) is 11.4 Å². The van der Waals surface area contributed by atoms with E-state index in [9.17, 15) is 9.59 Å². The lowest BCUT2D eigenvalue weighted by molar-refractivity contribution is -0.131. The topological polar surface area (TPSA) is 52.7 Å². The number of carbonyl (C=O) groups is 2. The van der Waals surface area contributed by atoms with Crippen molar-refractivity contribution in [3.05, 3.63) is 112 Å². The van der Waals surface area contributed by atoms with Gasteiger partial charge in [0.15, 0.2) is 0 Å². The molecule has 2 amide bonds. The van der Waals surface area contributed by atoms with Crippen LogP contribution in [0.2, 0.25) is 0 Å². The fourth-order valence-electron chi connectivity index (χ4n) is 5.29. The van der Waals surface area contributed by atoms with E-state index in [1.807, 2.05) is 85.8 Å². The van der Waals surface area contributed by atoms with Gasteiger partial charge in [0.25, 0.3) is 5.91 Å². The second-order valence-corrected chi connectivity index (χ2v) is 14.7. The number of hydrogen-bond donors (Lipinski definition) is 1. The highest BCUT2D eigenvalue weighted by Crippen LogP contribution is 2.52. The minimum absolute atomic E-state index is 0.0424. The number of halogens is 2. The summed E-state index contributed by atoms with van der Waals surface area (Å²) >= 11 is 10.5. The number of para-hydroxylation sites is 2. The van der Waals surface area contributed by atoms with Gasteiger partial charge in [0.05, 0.1) is 22.8 Å². The molecule has 0 radical (unpaired) electrons. The highest BCUT2D eigenvalue weighted by molar-refractivity contribution is 9.10. The number of nitrogens with zero attached hydrogens (tertiary/aromatic N) is 2. The Bertz CT molecular complexity index is 1610. The smallest absolute Gasteiger partial charge is 0.276 e. The van der Waals surface area contributed by atoms with Gasteiger partial charge in [0.2, 0.25) is 5.91 Å². The Morgan fingerprint density at radius 2 is 1.73 bits per heavy atom. The van der Waals surface area contributed by atoms with Crippen LogP contribution >= 0.6 is 55.4 Å². The minimum Gasteiger partial charge on any atom is -0.278 e. The first kappa shape index (κ1) is 28.6. The van der Waals surface area contributed by atoms with E-state index < -0.39 is 4.87 Å². The van der Waals surface area contributed by atoms with E-state index in [2.05, 4.69) is 56.4 Å². The number of hydrazine groups is 1. The van der Waals surface area contributed by atoms with E-state index >= 15 is 0 Å². The second-order valence-electron chi connectivity index (χ2n) is 10.1. The normalized spacial score (nSPS) is 22.8. The molecule has 3 aromatic rings. The molecule has 0 saturated carbocycles. The lowest BCUT2D eigenvalue weighted by atomic mass is 9.97. The lowest BCUT2D eigenvalue weighted by Crippen LogP contribution is -2.54. The Morgan fingerprint density at radius 1 is 1.05 bits per heavy atom. The molecule has 0 spiro atoms. The van der Waals surface area contributed by atoms with E-state index in [0.29, 0.717) is 4.91 Å². The molecule has 208 valence electrons. The molecule has 1 saturated heterocycles. The Hall–Kier alpha value is -2.56. The molecule has 1 N–H and O–H groups in total. The van der Waals surface area contributed by atoms with Crippen molar-refractivity contribution >= 4 is 84.1 Å². The number of fused-ring (bicyclic) bond motifs is 2. The summed E-state index contributed by atoms with van der Waals surface area (Å²) in [6.45, 7) is 4.00. The van der Waals surface area contributed by atoms with Gasteiger partial charge in [-0.05, 0) is 73.4 Å². The van der Waals surface area contributed by atoms with Gasteiger partial charge in [-0.2, -0.15) is 0 Å². The number of rotatable bonds is 5. The van der Waals surface area contributed by atoms with Gasteiger partial charge in [-0.3, -0.25) is 19.5 Å². The van der Waals surface area contributed by atoms with E-state index in [1.165, 1.54) is 11.8 Å². The van der Waals surface area contributed by atoms with E-state index in [-0.39, 0.29) is 23.2 Å². The van der Waals surface area contributed by atoms with Gasteiger partial charge < -0.3 is 0 Å². The Balaban J connectivity index is 1.34. The molecule has 3 aromatic carbocycles. The van der Waals surface area contributed by atoms with Gasteiger partial charge >= 0.3 is 0 Å². The van der Waals surface area contributed by atoms with E-state index in [1.54, 1.807) is 21.7 Å². The first-order valence-electron chi connectivity index (χ1n) is 13.2. The fourth-order valence-corrected chi connectivity index (χ4v) is 8.64. The third-order valence-electron chi connectivity index (χ3n) is 7.42. The maximum Gasteiger partial charge on any atom is 0.276 e. The van der Waals surface area contributed by atoms with Crippen molar-refractivity contribution in [2.45, 2.75) is 39.8 Å².